The maximum atomic E-state index is 12.2. The zero-order valence-electron chi connectivity index (χ0n) is 12.1. The predicted molar refractivity (Wildman–Crippen MR) is 87.9 cm³/mol. The van der Waals surface area contributed by atoms with E-state index in [1.54, 1.807) is 18.7 Å². The predicted octanol–water partition coefficient (Wildman–Crippen LogP) is 3.39. The Morgan fingerprint density at radius 1 is 1.22 bits per heavy atom. The molecule has 4 rings (SSSR count). The molecule has 1 aliphatic heterocycles. The number of rotatable bonds is 2. The number of imidazole rings is 1. The summed E-state index contributed by atoms with van der Waals surface area (Å²) in [6, 6.07) is 11.3. The highest BCUT2D eigenvalue weighted by atomic mass is 35.5. The van der Waals surface area contributed by atoms with Crippen molar-refractivity contribution in [3.05, 3.63) is 71.4 Å². The Balaban J connectivity index is 1.85. The number of fused-ring (bicyclic) bond motifs is 1. The lowest BCUT2D eigenvalue weighted by Gasteiger charge is -2.23. The van der Waals surface area contributed by atoms with Crippen molar-refractivity contribution in [3.8, 4) is 5.69 Å². The Morgan fingerprint density at radius 2 is 2.09 bits per heavy atom. The van der Waals surface area contributed by atoms with E-state index in [2.05, 4.69) is 15.3 Å². The molecule has 3 aromatic rings. The van der Waals surface area contributed by atoms with Crippen LogP contribution in [0.1, 0.15) is 23.6 Å². The van der Waals surface area contributed by atoms with Crippen LogP contribution in [0.5, 0.6) is 0 Å². The minimum Gasteiger partial charge on any atom is -0.310 e. The van der Waals surface area contributed by atoms with Gasteiger partial charge in [-0.05, 0) is 23.8 Å². The molecule has 0 unspecified atom stereocenters. The standard InChI is InChI=1S/C17H13ClN4O/c18-13-5-1-2-6-14(13)22-10-20-16-12(8-15(23)21-17(16)22)11-4-3-7-19-9-11/h1-7,9-10,12H,8H2,(H,21,23)/t12-/m1/s1. The van der Waals surface area contributed by atoms with Gasteiger partial charge in [-0.3, -0.25) is 14.3 Å². The number of carbonyl (C=O) groups excluding carboxylic acids is 1. The first-order valence-electron chi connectivity index (χ1n) is 7.26. The fourth-order valence-electron chi connectivity index (χ4n) is 2.89. The maximum absolute atomic E-state index is 12.2. The number of anilines is 1. The molecule has 0 bridgehead atoms. The van der Waals surface area contributed by atoms with Gasteiger partial charge in [0.15, 0.2) is 0 Å². The van der Waals surface area contributed by atoms with Crippen LogP contribution in [-0.4, -0.2) is 20.4 Å². The Morgan fingerprint density at radius 3 is 2.87 bits per heavy atom. The summed E-state index contributed by atoms with van der Waals surface area (Å²) < 4.78 is 1.82. The molecule has 5 nitrogen and oxygen atoms in total. The molecule has 0 radical (unpaired) electrons. The molecule has 0 aliphatic carbocycles. The van der Waals surface area contributed by atoms with Crippen molar-refractivity contribution in [2.45, 2.75) is 12.3 Å². The third-order valence-electron chi connectivity index (χ3n) is 3.97. The van der Waals surface area contributed by atoms with E-state index in [4.69, 9.17) is 11.6 Å². The van der Waals surface area contributed by atoms with Crippen LogP contribution in [0.15, 0.2) is 55.1 Å². The molecule has 0 fully saturated rings. The number of aromatic nitrogens is 3. The van der Waals surface area contributed by atoms with E-state index in [9.17, 15) is 4.79 Å². The number of nitrogens with zero attached hydrogens (tertiary/aromatic N) is 3. The second-order valence-electron chi connectivity index (χ2n) is 5.39. The number of pyridine rings is 1. The summed E-state index contributed by atoms with van der Waals surface area (Å²) >= 11 is 6.28. The fraction of sp³-hybridized carbons (Fsp3) is 0.118. The van der Waals surface area contributed by atoms with Gasteiger partial charge in [0.05, 0.1) is 16.4 Å². The summed E-state index contributed by atoms with van der Waals surface area (Å²) in [5.41, 5.74) is 2.60. The summed E-state index contributed by atoms with van der Waals surface area (Å²) in [6.45, 7) is 0. The molecule has 1 amide bonds. The van der Waals surface area contributed by atoms with Crippen LogP contribution in [0.25, 0.3) is 5.69 Å². The van der Waals surface area contributed by atoms with E-state index in [1.807, 2.05) is 41.0 Å². The van der Waals surface area contributed by atoms with Crippen LogP contribution in [0, 0.1) is 0 Å². The number of nitrogens with one attached hydrogen (secondary N) is 1. The molecular weight excluding hydrogens is 312 g/mol. The Bertz CT molecular complexity index is 875. The van der Waals surface area contributed by atoms with Crippen molar-refractivity contribution in [1.82, 2.24) is 14.5 Å². The Kier molecular flexibility index (Phi) is 3.35. The number of carbonyl (C=O) groups is 1. The van der Waals surface area contributed by atoms with Crippen molar-refractivity contribution in [2.24, 2.45) is 0 Å². The van der Waals surface area contributed by atoms with Gasteiger partial charge in [-0.2, -0.15) is 0 Å². The SMILES string of the molecule is O=C1C[C@H](c2cccnc2)c2ncn(-c3ccccc3Cl)c2N1. The first-order chi connectivity index (χ1) is 11.2. The van der Waals surface area contributed by atoms with E-state index in [0.29, 0.717) is 17.3 Å². The van der Waals surface area contributed by atoms with Gasteiger partial charge in [0, 0.05) is 24.7 Å². The summed E-state index contributed by atoms with van der Waals surface area (Å²) in [5, 5.41) is 3.52. The highest BCUT2D eigenvalue weighted by Crippen LogP contribution is 2.37. The molecular formula is C17H13ClN4O. The third kappa shape index (κ3) is 2.39. The molecule has 0 saturated heterocycles. The van der Waals surface area contributed by atoms with Crippen molar-refractivity contribution < 1.29 is 4.79 Å². The molecule has 3 heterocycles. The first kappa shape index (κ1) is 14.0. The van der Waals surface area contributed by atoms with Gasteiger partial charge in [-0.15, -0.1) is 0 Å². The zero-order chi connectivity index (χ0) is 15.8. The molecule has 2 aromatic heterocycles. The quantitative estimate of drug-likeness (QED) is 0.786. The lowest BCUT2D eigenvalue weighted by molar-refractivity contribution is -0.116. The van der Waals surface area contributed by atoms with E-state index >= 15 is 0 Å². The molecule has 1 aliphatic rings. The van der Waals surface area contributed by atoms with Gasteiger partial charge in [0.25, 0.3) is 0 Å². The Labute approximate surface area is 138 Å². The first-order valence-corrected chi connectivity index (χ1v) is 7.64. The zero-order valence-corrected chi connectivity index (χ0v) is 12.9. The molecule has 6 heteroatoms. The molecule has 0 saturated carbocycles. The number of hydrogen-bond donors (Lipinski definition) is 1. The van der Waals surface area contributed by atoms with E-state index in [-0.39, 0.29) is 11.8 Å². The minimum absolute atomic E-state index is 0.0415. The average Bonchev–Trinajstić information content (AvgIpc) is 2.99. The normalized spacial score (nSPS) is 16.7. The van der Waals surface area contributed by atoms with E-state index < -0.39 is 0 Å². The molecule has 23 heavy (non-hydrogen) atoms. The van der Waals surface area contributed by atoms with Crippen LogP contribution >= 0.6 is 11.6 Å². The van der Waals surface area contributed by atoms with E-state index in [0.717, 1.165) is 16.9 Å². The number of benzene rings is 1. The highest BCUT2D eigenvalue weighted by molar-refractivity contribution is 6.32. The van der Waals surface area contributed by atoms with E-state index in [1.165, 1.54) is 0 Å². The highest BCUT2D eigenvalue weighted by Gasteiger charge is 2.31. The number of halogens is 1. The van der Waals surface area contributed by atoms with Gasteiger partial charge in [-0.25, -0.2) is 4.98 Å². The molecule has 1 N–H and O–H groups in total. The van der Waals surface area contributed by atoms with Crippen molar-refractivity contribution in [2.75, 3.05) is 5.32 Å². The smallest absolute Gasteiger partial charge is 0.226 e. The maximum Gasteiger partial charge on any atom is 0.226 e. The van der Waals surface area contributed by atoms with Crippen LogP contribution in [-0.2, 0) is 4.79 Å². The van der Waals surface area contributed by atoms with Crippen LogP contribution < -0.4 is 5.32 Å². The average molecular weight is 325 g/mol. The van der Waals surface area contributed by atoms with Gasteiger partial charge >= 0.3 is 0 Å². The topological polar surface area (TPSA) is 59.8 Å². The van der Waals surface area contributed by atoms with Crippen molar-refractivity contribution in [1.29, 1.82) is 0 Å². The van der Waals surface area contributed by atoms with Gasteiger partial charge < -0.3 is 5.32 Å². The third-order valence-corrected chi connectivity index (χ3v) is 4.29. The minimum atomic E-state index is -0.101. The van der Waals surface area contributed by atoms with Crippen molar-refractivity contribution >= 4 is 23.3 Å². The molecule has 0 spiro atoms. The summed E-state index contributed by atoms with van der Waals surface area (Å²) in [7, 11) is 0. The number of para-hydroxylation sites is 1. The van der Waals surface area contributed by atoms with Gasteiger partial charge in [-0.1, -0.05) is 29.8 Å². The van der Waals surface area contributed by atoms with Gasteiger partial charge in [0.2, 0.25) is 5.91 Å². The van der Waals surface area contributed by atoms with Crippen LogP contribution in [0.4, 0.5) is 5.82 Å². The molecule has 1 aromatic carbocycles. The van der Waals surface area contributed by atoms with Crippen LogP contribution in [0.3, 0.4) is 0 Å². The van der Waals surface area contributed by atoms with Crippen LogP contribution in [0.2, 0.25) is 5.02 Å². The lowest BCUT2D eigenvalue weighted by atomic mass is 9.91. The summed E-state index contributed by atoms with van der Waals surface area (Å²) in [6.07, 6.45) is 5.55. The summed E-state index contributed by atoms with van der Waals surface area (Å²) in [4.78, 5) is 20.8. The number of hydrogen-bond acceptors (Lipinski definition) is 3. The molecule has 1 atom stereocenters. The molecule has 114 valence electrons. The summed E-state index contributed by atoms with van der Waals surface area (Å²) in [5.74, 6) is 0.527. The second-order valence-corrected chi connectivity index (χ2v) is 5.80. The Hall–Kier alpha value is -2.66. The second kappa shape index (κ2) is 5.52. The van der Waals surface area contributed by atoms with Crippen molar-refractivity contribution in [3.63, 3.8) is 0 Å². The lowest BCUT2D eigenvalue weighted by Crippen LogP contribution is -2.25. The number of amides is 1. The van der Waals surface area contributed by atoms with Gasteiger partial charge in [0.1, 0.15) is 12.1 Å². The largest absolute Gasteiger partial charge is 0.310 e. The monoisotopic (exact) mass is 324 g/mol. The fourth-order valence-corrected chi connectivity index (χ4v) is 3.12.